The number of hydrogen-bond acceptors (Lipinski definition) is 3. The topological polar surface area (TPSA) is 69.6 Å². The fourth-order valence-electron chi connectivity index (χ4n) is 2.99. The summed E-state index contributed by atoms with van der Waals surface area (Å²) in [6, 6.07) is 7.00. The number of aliphatic hydroxyl groups excluding tert-OH is 1. The zero-order valence-electron chi connectivity index (χ0n) is 13.9. The zero-order chi connectivity index (χ0) is 16.8. The van der Waals surface area contributed by atoms with Crippen LogP contribution in [-0.2, 0) is 0 Å². The Labute approximate surface area is 137 Å². The van der Waals surface area contributed by atoms with Gasteiger partial charge in [-0.1, -0.05) is 0 Å². The maximum absolute atomic E-state index is 12.7. The second-order valence-electron chi connectivity index (χ2n) is 6.37. The molecule has 126 valence electrons. The first-order chi connectivity index (χ1) is 11.0. The maximum atomic E-state index is 12.7. The molecule has 0 spiro atoms. The molecule has 2 rings (SSSR count). The van der Waals surface area contributed by atoms with Crippen LogP contribution in [0.5, 0.6) is 0 Å². The van der Waals surface area contributed by atoms with Crippen molar-refractivity contribution in [3.05, 3.63) is 35.4 Å². The Hall–Kier alpha value is -1.88. The summed E-state index contributed by atoms with van der Waals surface area (Å²) in [6.45, 7) is 4.66. The highest BCUT2D eigenvalue weighted by atomic mass is 16.3. The maximum Gasteiger partial charge on any atom is 0.254 e. The van der Waals surface area contributed by atoms with Crippen LogP contribution in [0.2, 0.25) is 0 Å². The van der Waals surface area contributed by atoms with Crippen molar-refractivity contribution >= 4 is 11.8 Å². The number of benzene rings is 1. The van der Waals surface area contributed by atoms with Gasteiger partial charge in [-0.15, -0.1) is 0 Å². The largest absolute Gasteiger partial charge is 0.396 e. The molecule has 0 aromatic heterocycles. The van der Waals surface area contributed by atoms with Gasteiger partial charge in [-0.05, 0) is 63.8 Å². The predicted octanol–water partition coefficient (Wildman–Crippen LogP) is 2.20. The first kappa shape index (κ1) is 17.5. The average molecular weight is 318 g/mol. The van der Waals surface area contributed by atoms with Crippen LogP contribution in [0, 0.1) is 0 Å². The standard InChI is InChI=1S/C18H26N2O3/c1-13(2)19-17(22)14-6-8-15(9-7-14)18(23)20-11-4-3-5-16(20)10-12-21/h6-9,13,16,21H,3-5,10-12H2,1-2H3,(H,19,22). The number of nitrogens with one attached hydrogen (secondary N) is 1. The van der Waals surface area contributed by atoms with Crippen molar-refractivity contribution in [3.8, 4) is 0 Å². The predicted molar refractivity (Wildman–Crippen MR) is 89.4 cm³/mol. The van der Waals surface area contributed by atoms with Crippen LogP contribution >= 0.6 is 0 Å². The lowest BCUT2D eigenvalue weighted by Gasteiger charge is -2.35. The lowest BCUT2D eigenvalue weighted by atomic mass is 9.98. The number of nitrogens with zero attached hydrogens (tertiary/aromatic N) is 1. The summed E-state index contributed by atoms with van der Waals surface area (Å²) in [4.78, 5) is 26.5. The lowest BCUT2D eigenvalue weighted by Crippen LogP contribution is -2.44. The lowest BCUT2D eigenvalue weighted by molar-refractivity contribution is 0.0574. The van der Waals surface area contributed by atoms with Crippen LogP contribution in [0.15, 0.2) is 24.3 Å². The van der Waals surface area contributed by atoms with E-state index >= 15 is 0 Å². The van der Waals surface area contributed by atoms with Gasteiger partial charge >= 0.3 is 0 Å². The van der Waals surface area contributed by atoms with E-state index < -0.39 is 0 Å². The number of piperidine rings is 1. The normalized spacial score (nSPS) is 18.1. The molecule has 1 heterocycles. The minimum Gasteiger partial charge on any atom is -0.396 e. The monoisotopic (exact) mass is 318 g/mol. The molecule has 23 heavy (non-hydrogen) atoms. The fraction of sp³-hybridized carbons (Fsp3) is 0.556. The summed E-state index contributed by atoms with van der Waals surface area (Å²) in [6.07, 6.45) is 3.67. The summed E-state index contributed by atoms with van der Waals surface area (Å²) in [5.41, 5.74) is 1.15. The molecule has 5 heteroatoms. The molecule has 2 N–H and O–H groups in total. The molecule has 1 unspecified atom stereocenters. The van der Waals surface area contributed by atoms with E-state index in [0.717, 1.165) is 25.8 Å². The molecule has 1 fully saturated rings. The second-order valence-corrected chi connectivity index (χ2v) is 6.37. The Morgan fingerprint density at radius 2 is 1.87 bits per heavy atom. The summed E-state index contributed by atoms with van der Waals surface area (Å²) < 4.78 is 0. The molecule has 1 aliphatic rings. The van der Waals surface area contributed by atoms with Crippen molar-refractivity contribution in [2.45, 2.75) is 51.6 Å². The Bertz CT molecular complexity index is 538. The van der Waals surface area contributed by atoms with E-state index in [-0.39, 0.29) is 30.5 Å². The summed E-state index contributed by atoms with van der Waals surface area (Å²) in [7, 11) is 0. The van der Waals surface area contributed by atoms with Gasteiger partial charge in [0.05, 0.1) is 0 Å². The number of carbonyl (C=O) groups excluding carboxylic acids is 2. The molecule has 0 aliphatic carbocycles. The highest BCUT2D eigenvalue weighted by Crippen LogP contribution is 2.22. The van der Waals surface area contributed by atoms with Crippen molar-refractivity contribution in [2.75, 3.05) is 13.2 Å². The summed E-state index contributed by atoms with van der Waals surface area (Å²) >= 11 is 0. The smallest absolute Gasteiger partial charge is 0.254 e. The first-order valence-electron chi connectivity index (χ1n) is 8.35. The molecule has 1 saturated heterocycles. The second kappa shape index (κ2) is 8.11. The van der Waals surface area contributed by atoms with Crippen molar-refractivity contribution < 1.29 is 14.7 Å². The molecule has 0 bridgehead atoms. The highest BCUT2D eigenvalue weighted by Gasteiger charge is 2.27. The third-order valence-corrected chi connectivity index (χ3v) is 4.16. The van der Waals surface area contributed by atoms with Crippen LogP contribution < -0.4 is 5.32 Å². The van der Waals surface area contributed by atoms with Gasteiger partial charge in [0, 0.05) is 36.4 Å². The van der Waals surface area contributed by atoms with E-state index in [2.05, 4.69) is 5.32 Å². The highest BCUT2D eigenvalue weighted by molar-refractivity contribution is 5.98. The molecule has 0 saturated carbocycles. The third-order valence-electron chi connectivity index (χ3n) is 4.16. The molecule has 1 aliphatic heterocycles. The first-order valence-corrected chi connectivity index (χ1v) is 8.35. The molecule has 1 aromatic rings. The van der Waals surface area contributed by atoms with Crippen LogP contribution in [0.25, 0.3) is 0 Å². The van der Waals surface area contributed by atoms with Gasteiger partial charge in [-0.3, -0.25) is 9.59 Å². The van der Waals surface area contributed by atoms with Crippen LogP contribution in [0.4, 0.5) is 0 Å². The van der Waals surface area contributed by atoms with Crippen LogP contribution in [0.3, 0.4) is 0 Å². The van der Waals surface area contributed by atoms with Gasteiger partial charge in [-0.2, -0.15) is 0 Å². The molecular formula is C18H26N2O3. The van der Waals surface area contributed by atoms with Gasteiger partial charge in [0.25, 0.3) is 11.8 Å². The average Bonchev–Trinajstić information content (AvgIpc) is 2.54. The van der Waals surface area contributed by atoms with Crippen molar-refractivity contribution in [1.82, 2.24) is 10.2 Å². The Morgan fingerprint density at radius 3 is 2.48 bits per heavy atom. The number of aliphatic hydroxyl groups is 1. The molecule has 2 amide bonds. The van der Waals surface area contributed by atoms with Gasteiger partial charge < -0.3 is 15.3 Å². The van der Waals surface area contributed by atoms with E-state index in [4.69, 9.17) is 0 Å². The Morgan fingerprint density at radius 1 is 1.22 bits per heavy atom. The third kappa shape index (κ3) is 4.55. The minimum atomic E-state index is -0.130. The minimum absolute atomic E-state index is 0.0148. The summed E-state index contributed by atoms with van der Waals surface area (Å²) in [5.74, 6) is -0.144. The SMILES string of the molecule is CC(C)NC(=O)c1ccc(C(=O)N2CCCCC2CCO)cc1. The van der Waals surface area contributed by atoms with Gasteiger partial charge in [-0.25, -0.2) is 0 Å². The van der Waals surface area contributed by atoms with E-state index in [9.17, 15) is 14.7 Å². The fourth-order valence-corrected chi connectivity index (χ4v) is 2.99. The van der Waals surface area contributed by atoms with Crippen molar-refractivity contribution in [1.29, 1.82) is 0 Å². The number of carbonyl (C=O) groups is 2. The number of amides is 2. The quantitative estimate of drug-likeness (QED) is 0.874. The van der Waals surface area contributed by atoms with Crippen molar-refractivity contribution in [2.24, 2.45) is 0 Å². The van der Waals surface area contributed by atoms with Crippen molar-refractivity contribution in [3.63, 3.8) is 0 Å². The van der Waals surface area contributed by atoms with Gasteiger partial charge in [0.15, 0.2) is 0 Å². The molecule has 5 nitrogen and oxygen atoms in total. The Balaban J connectivity index is 2.08. The van der Waals surface area contributed by atoms with E-state index in [1.165, 1.54) is 0 Å². The molecule has 1 atom stereocenters. The van der Waals surface area contributed by atoms with E-state index in [0.29, 0.717) is 17.5 Å². The van der Waals surface area contributed by atoms with Gasteiger partial charge in [0.1, 0.15) is 0 Å². The Kier molecular flexibility index (Phi) is 6.16. The van der Waals surface area contributed by atoms with E-state index in [1.54, 1.807) is 24.3 Å². The molecular weight excluding hydrogens is 292 g/mol. The molecule has 0 radical (unpaired) electrons. The number of rotatable bonds is 5. The van der Waals surface area contributed by atoms with Crippen LogP contribution in [-0.4, -0.2) is 47.1 Å². The summed E-state index contributed by atoms with van der Waals surface area (Å²) in [5, 5.41) is 12.0. The zero-order valence-corrected chi connectivity index (χ0v) is 13.9. The van der Waals surface area contributed by atoms with E-state index in [1.807, 2.05) is 18.7 Å². The number of hydrogen-bond donors (Lipinski definition) is 2. The number of likely N-dealkylation sites (tertiary alicyclic amines) is 1. The van der Waals surface area contributed by atoms with Crippen LogP contribution in [0.1, 0.15) is 60.2 Å². The van der Waals surface area contributed by atoms with Gasteiger partial charge in [0.2, 0.25) is 0 Å². The molecule has 1 aromatic carbocycles.